The molecule has 2 rings (SSSR count). The van der Waals surface area contributed by atoms with Gasteiger partial charge in [0, 0.05) is 24.8 Å². The molecule has 0 saturated heterocycles. The Balaban J connectivity index is 0.000000421. The van der Waals surface area contributed by atoms with E-state index in [0.29, 0.717) is 0 Å². The maximum absolute atomic E-state index is 8.49. The van der Waals surface area contributed by atoms with Crippen molar-refractivity contribution in [2.24, 2.45) is 0 Å². The van der Waals surface area contributed by atoms with E-state index in [-0.39, 0.29) is 22.4 Å². The summed E-state index contributed by atoms with van der Waals surface area (Å²) in [4.78, 5) is 7.91. The number of halogens is 1. The summed E-state index contributed by atoms with van der Waals surface area (Å²) in [5.41, 5.74) is 2.35. The molecular weight excluding hydrogens is 355 g/mol. The van der Waals surface area contributed by atoms with Crippen molar-refractivity contribution in [3.05, 3.63) is 49.1 Å². The minimum atomic E-state index is -4.94. The van der Waals surface area contributed by atoms with Crippen molar-refractivity contribution in [3.8, 4) is 11.1 Å². The summed E-state index contributed by atoms with van der Waals surface area (Å²) in [5, 5.41) is 0. The maximum Gasteiger partial charge on any atom is 1.00 e. The second-order valence-electron chi connectivity index (χ2n) is 2.85. The Labute approximate surface area is 121 Å². The minimum absolute atomic E-state index is 0. The Kier molecular flexibility index (Phi) is 7.92. The van der Waals surface area contributed by atoms with Crippen molar-refractivity contribution < 1.29 is 51.3 Å². The average Bonchev–Trinajstić information content (AvgIpc) is 2.29. The van der Waals surface area contributed by atoms with Crippen molar-refractivity contribution in [2.45, 2.75) is 0 Å². The molecule has 0 aliphatic heterocycles. The zero-order valence-electron chi connectivity index (χ0n) is 8.83. The van der Waals surface area contributed by atoms with Crippen LogP contribution in [0.2, 0.25) is 0 Å². The third-order valence-electron chi connectivity index (χ3n) is 1.69. The number of pyridine rings is 2. The van der Waals surface area contributed by atoms with Gasteiger partial charge in [-0.25, -0.2) is 18.6 Å². The third-order valence-corrected chi connectivity index (χ3v) is 1.69. The fourth-order valence-corrected chi connectivity index (χ4v) is 1.09. The van der Waals surface area contributed by atoms with Crippen LogP contribution >= 0.6 is 0 Å². The molecule has 2 aromatic heterocycles. The molecule has 0 radical (unpaired) electrons. The first-order valence-electron chi connectivity index (χ1n) is 4.39. The number of hydrogen-bond acceptors (Lipinski definition) is 6. The van der Waals surface area contributed by atoms with E-state index < -0.39 is 10.2 Å². The zero-order valence-corrected chi connectivity index (χ0v) is 11.1. The van der Waals surface area contributed by atoms with E-state index in [1.807, 2.05) is 24.3 Å². The summed E-state index contributed by atoms with van der Waals surface area (Å²) in [6.07, 6.45) is 7.15. The molecule has 0 fully saturated rings. The van der Waals surface area contributed by atoms with E-state index in [4.69, 9.17) is 18.6 Å². The van der Waals surface area contributed by atoms with Crippen molar-refractivity contribution in [1.29, 1.82) is 0 Å². The molecule has 100 valence electrons. The summed E-state index contributed by atoms with van der Waals surface area (Å²) in [7, 11) is -4.94. The van der Waals surface area contributed by atoms with Gasteiger partial charge in [-0.15, -0.1) is 10.2 Å². The van der Waals surface area contributed by atoms with Gasteiger partial charge < -0.3 is 0 Å². The van der Waals surface area contributed by atoms with Crippen molar-refractivity contribution in [3.63, 3.8) is 0 Å². The maximum atomic E-state index is 8.49. The Morgan fingerprint density at radius 1 is 0.667 bits per heavy atom. The van der Waals surface area contributed by atoms with E-state index in [1.165, 1.54) is 11.1 Å². The molecule has 6 nitrogen and oxygen atoms in total. The van der Waals surface area contributed by atoms with Crippen molar-refractivity contribution >= 4 is 0 Å². The molecule has 0 atom stereocenters. The molecule has 0 saturated carbocycles. The first-order chi connectivity index (χ1) is 7.97. The molecule has 0 spiro atoms. The van der Waals surface area contributed by atoms with Crippen molar-refractivity contribution in [1.82, 2.24) is 9.97 Å². The second kappa shape index (κ2) is 8.30. The van der Waals surface area contributed by atoms with Crippen LogP contribution in [0.5, 0.6) is 0 Å². The molecule has 18 heavy (non-hydrogen) atoms. The summed E-state index contributed by atoms with van der Waals surface area (Å²) in [6.45, 7) is 0. The zero-order chi connectivity index (χ0) is 12.7. The predicted octanol–water partition coefficient (Wildman–Crippen LogP) is -2.61. The first kappa shape index (κ1) is 17.2. The van der Waals surface area contributed by atoms with Crippen LogP contribution in [0.25, 0.3) is 11.1 Å². The molecule has 0 unspecified atom stereocenters. The number of hydrogen-bond donors (Lipinski definition) is 0. The summed E-state index contributed by atoms with van der Waals surface area (Å²) in [6, 6.07) is 7.93. The van der Waals surface area contributed by atoms with Gasteiger partial charge in [0.15, 0.2) is 0 Å². The fourth-order valence-electron chi connectivity index (χ4n) is 1.09. The number of rotatable bonds is 1. The number of aromatic nitrogens is 2. The van der Waals surface area contributed by atoms with Crippen LogP contribution in [0.15, 0.2) is 49.1 Å². The van der Waals surface area contributed by atoms with Crippen LogP contribution in [-0.4, -0.2) is 9.97 Å². The largest absolute Gasteiger partial charge is 1.00 e. The van der Waals surface area contributed by atoms with Crippen LogP contribution < -0.4 is 18.6 Å². The SMILES string of the molecule is [Ag+].[O-][Cl+3]([O-])([O-])[O-].c1cc(-c2ccncc2)ccn1. The van der Waals surface area contributed by atoms with Gasteiger partial charge in [-0.2, -0.15) is 0 Å². The van der Waals surface area contributed by atoms with E-state index in [0.717, 1.165) is 0 Å². The molecule has 0 amide bonds. The predicted molar refractivity (Wildman–Crippen MR) is 47.5 cm³/mol. The van der Waals surface area contributed by atoms with E-state index in [2.05, 4.69) is 9.97 Å². The summed E-state index contributed by atoms with van der Waals surface area (Å²) in [5.74, 6) is 0. The third kappa shape index (κ3) is 8.29. The normalized spacial score (nSPS) is 9.78. The quantitative estimate of drug-likeness (QED) is 0.512. The van der Waals surface area contributed by atoms with Crippen LogP contribution in [0, 0.1) is 10.2 Å². The second-order valence-corrected chi connectivity index (χ2v) is 3.61. The first-order valence-corrected chi connectivity index (χ1v) is 5.62. The molecule has 8 heteroatoms. The molecule has 2 aromatic rings. The molecule has 0 aromatic carbocycles. The smallest absolute Gasteiger partial charge is 0.265 e. The van der Waals surface area contributed by atoms with Gasteiger partial charge in [0.1, 0.15) is 0 Å². The van der Waals surface area contributed by atoms with Crippen molar-refractivity contribution in [2.75, 3.05) is 0 Å². The van der Waals surface area contributed by atoms with Crippen LogP contribution in [-0.2, 0) is 22.4 Å². The Morgan fingerprint density at radius 3 is 1.11 bits per heavy atom. The van der Waals surface area contributed by atoms with Crippen LogP contribution in [0.4, 0.5) is 0 Å². The molecular formula is C10H8AgClN2O4. The van der Waals surface area contributed by atoms with Gasteiger partial charge in [-0.3, -0.25) is 9.97 Å². The van der Waals surface area contributed by atoms with Gasteiger partial charge >= 0.3 is 22.4 Å². The Morgan fingerprint density at radius 2 is 0.889 bits per heavy atom. The molecule has 2 heterocycles. The topological polar surface area (TPSA) is 118 Å². The number of nitrogens with zero attached hydrogens (tertiary/aromatic N) is 2. The average molecular weight is 364 g/mol. The standard InChI is InChI=1S/C10H8N2.Ag.ClHO4/c1-5-11-6-2-9(1)10-3-7-12-8-4-10;;2-1(3,4)5/h1-8H;;(H,2,3,4,5)/q;+1;/p-1. The van der Waals surface area contributed by atoms with Gasteiger partial charge in [0.05, 0.1) is 0 Å². The summed E-state index contributed by atoms with van der Waals surface area (Å²) < 4.78 is 34.0. The van der Waals surface area contributed by atoms with Gasteiger partial charge in [0.25, 0.3) is 0 Å². The van der Waals surface area contributed by atoms with E-state index in [9.17, 15) is 0 Å². The molecule has 0 aliphatic carbocycles. The van der Waals surface area contributed by atoms with Gasteiger partial charge in [0.2, 0.25) is 0 Å². The van der Waals surface area contributed by atoms with Crippen LogP contribution in [0.1, 0.15) is 0 Å². The molecule has 0 bridgehead atoms. The van der Waals surface area contributed by atoms with E-state index >= 15 is 0 Å². The summed E-state index contributed by atoms with van der Waals surface area (Å²) >= 11 is 0. The van der Waals surface area contributed by atoms with E-state index in [1.54, 1.807) is 24.8 Å². The van der Waals surface area contributed by atoms with Crippen LogP contribution in [0.3, 0.4) is 0 Å². The Hall–Kier alpha value is -0.830. The Bertz CT molecular complexity index is 395. The van der Waals surface area contributed by atoms with Gasteiger partial charge in [-0.05, 0) is 35.4 Å². The molecule has 0 N–H and O–H groups in total. The molecule has 0 aliphatic rings. The monoisotopic (exact) mass is 362 g/mol. The fraction of sp³-hybridized carbons (Fsp3) is 0. The minimum Gasteiger partial charge on any atom is -0.265 e. The van der Waals surface area contributed by atoms with Gasteiger partial charge in [-0.1, -0.05) is 0 Å².